The highest BCUT2D eigenvalue weighted by Crippen LogP contribution is 2.43. The van der Waals surface area contributed by atoms with Crippen molar-refractivity contribution in [1.29, 1.82) is 0 Å². The Morgan fingerprint density at radius 2 is 2.15 bits per heavy atom. The topological polar surface area (TPSA) is 29.5 Å². The first kappa shape index (κ1) is 15.3. The van der Waals surface area contributed by atoms with Crippen molar-refractivity contribution < 1.29 is 14.2 Å². The average molecular weight is 280 g/mol. The lowest BCUT2D eigenvalue weighted by molar-refractivity contribution is 0.00535. The monoisotopic (exact) mass is 280 g/mol. The molecule has 1 saturated carbocycles. The van der Waals surface area contributed by atoms with E-state index in [1.807, 2.05) is 0 Å². The van der Waals surface area contributed by atoms with Crippen LogP contribution in [0.25, 0.3) is 0 Å². The van der Waals surface area contributed by atoms with Crippen LogP contribution in [0.15, 0.2) is 18.2 Å². The summed E-state index contributed by atoms with van der Waals surface area (Å²) in [6.07, 6.45) is 4.41. The first-order valence-electron chi connectivity index (χ1n) is 7.45. The molecule has 3 heteroatoms. The Morgan fingerprint density at radius 1 is 1.40 bits per heavy atom. The van der Waals surface area contributed by atoms with Gasteiger partial charge in [-0.3, -0.25) is 0 Å². The Balaban J connectivity index is 2.13. The van der Waals surface area contributed by atoms with Gasteiger partial charge < -0.3 is 9.84 Å². The number of methoxy groups -OCH3 is 1. The largest absolute Gasteiger partial charge is 0.494 e. The lowest BCUT2D eigenvalue weighted by atomic mass is 9.66. The first-order chi connectivity index (χ1) is 9.45. The van der Waals surface area contributed by atoms with Crippen LogP contribution in [-0.4, -0.2) is 18.3 Å². The van der Waals surface area contributed by atoms with Crippen LogP contribution in [0.4, 0.5) is 4.39 Å². The molecule has 2 atom stereocenters. The number of hydrogen-bond acceptors (Lipinski definition) is 2. The third-order valence-electron chi connectivity index (χ3n) is 4.75. The molecule has 1 aromatic rings. The zero-order valence-electron chi connectivity index (χ0n) is 12.7. The maximum atomic E-state index is 14.2. The molecule has 0 bridgehead atoms. The summed E-state index contributed by atoms with van der Waals surface area (Å²) in [4.78, 5) is 0. The van der Waals surface area contributed by atoms with Gasteiger partial charge in [-0.05, 0) is 35.8 Å². The second-order valence-electron chi connectivity index (χ2n) is 6.55. The van der Waals surface area contributed by atoms with Crippen LogP contribution >= 0.6 is 0 Å². The van der Waals surface area contributed by atoms with Crippen LogP contribution < -0.4 is 4.74 Å². The molecule has 0 aliphatic heterocycles. The van der Waals surface area contributed by atoms with E-state index in [4.69, 9.17) is 4.74 Å². The Hall–Kier alpha value is -1.09. The predicted octanol–water partition coefficient (Wildman–Crippen LogP) is 3.95. The summed E-state index contributed by atoms with van der Waals surface area (Å²) < 4.78 is 19.2. The molecule has 1 fully saturated rings. The second-order valence-corrected chi connectivity index (χ2v) is 6.55. The van der Waals surface area contributed by atoms with Gasteiger partial charge >= 0.3 is 0 Å². The van der Waals surface area contributed by atoms with Gasteiger partial charge in [-0.15, -0.1) is 0 Å². The summed E-state index contributed by atoms with van der Waals surface area (Å²) >= 11 is 0. The van der Waals surface area contributed by atoms with Crippen molar-refractivity contribution in [3.05, 3.63) is 29.6 Å². The highest BCUT2D eigenvalue weighted by molar-refractivity contribution is 5.31. The van der Waals surface area contributed by atoms with Crippen molar-refractivity contribution in [2.45, 2.75) is 52.1 Å². The smallest absolute Gasteiger partial charge is 0.168 e. The lowest BCUT2D eigenvalue weighted by Crippen LogP contribution is -2.38. The molecule has 112 valence electrons. The van der Waals surface area contributed by atoms with Gasteiger partial charge in [0.1, 0.15) is 0 Å². The van der Waals surface area contributed by atoms with Crippen molar-refractivity contribution in [1.82, 2.24) is 0 Å². The minimum Gasteiger partial charge on any atom is -0.494 e. The van der Waals surface area contributed by atoms with Crippen molar-refractivity contribution in [2.75, 3.05) is 7.11 Å². The van der Waals surface area contributed by atoms with Crippen molar-refractivity contribution in [2.24, 2.45) is 11.3 Å². The fourth-order valence-electron chi connectivity index (χ4n) is 3.47. The van der Waals surface area contributed by atoms with Gasteiger partial charge in [-0.25, -0.2) is 4.39 Å². The van der Waals surface area contributed by atoms with Crippen LogP contribution in [-0.2, 0) is 6.42 Å². The fraction of sp³-hybridized carbons (Fsp3) is 0.647. The molecule has 20 heavy (non-hydrogen) atoms. The quantitative estimate of drug-likeness (QED) is 0.904. The van der Waals surface area contributed by atoms with Gasteiger partial charge in [-0.1, -0.05) is 38.8 Å². The van der Waals surface area contributed by atoms with E-state index < -0.39 is 6.10 Å². The van der Waals surface area contributed by atoms with Gasteiger partial charge in [0.25, 0.3) is 0 Å². The molecule has 2 unspecified atom stereocenters. The summed E-state index contributed by atoms with van der Waals surface area (Å²) in [5.41, 5.74) is 0.672. The van der Waals surface area contributed by atoms with E-state index in [-0.39, 0.29) is 22.9 Å². The number of benzene rings is 1. The average Bonchev–Trinajstić information content (AvgIpc) is 2.40. The van der Waals surface area contributed by atoms with E-state index in [0.29, 0.717) is 12.0 Å². The van der Waals surface area contributed by atoms with Gasteiger partial charge in [0.2, 0.25) is 0 Å². The van der Waals surface area contributed by atoms with Crippen molar-refractivity contribution >= 4 is 0 Å². The van der Waals surface area contributed by atoms with Crippen LogP contribution in [0, 0.1) is 17.2 Å². The molecule has 0 saturated heterocycles. The second kappa shape index (κ2) is 6.13. The molecule has 0 heterocycles. The van der Waals surface area contributed by atoms with Crippen molar-refractivity contribution in [3.63, 3.8) is 0 Å². The van der Waals surface area contributed by atoms with Crippen LogP contribution in [0.2, 0.25) is 0 Å². The van der Waals surface area contributed by atoms with E-state index in [2.05, 4.69) is 13.8 Å². The fourth-order valence-corrected chi connectivity index (χ4v) is 3.47. The maximum Gasteiger partial charge on any atom is 0.168 e. The Labute approximate surface area is 121 Å². The summed E-state index contributed by atoms with van der Waals surface area (Å²) in [7, 11) is 1.46. The van der Waals surface area contributed by atoms with Gasteiger partial charge in [0.15, 0.2) is 11.6 Å². The molecule has 0 spiro atoms. The Kier molecular flexibility index (Phi) is 4.69. The number of rotatable bonds is 4. The maximum absolute atomic E-state index is 14.2. The van der Waals surface area contributed by atoms with E-state index in [0.717, 1.165) is 19.3 Å². The standard InChI is InChI=1S/C17H25FO2/c1-17(2)10-5-4-8-13(17)14(19)11-12-7-6-9-15(20-3)16(12)18/h6-7,9,13-14,19H,4-5,8,10-11H2,1-3H3. The van der Waals surface area contributed by atoms with Gasteiger partial charge in [0, 0.05) is 6.42 Å². The normalized spacial score (nSPS) is 23.4. The predicted molar refractivity (Wildman–Crippen MR) is 78.4 cm³/mol. The summed E-state index contributed by atoms with van der Waals surface area (Å²) in [5, 5.41) is 10.5. The van der Waals surface area contributed by atoms with Crippen molar-refractivity contribution in [3.8, 4) is 5.75 Å². The van der Waals surface area contributed by atoms with E-state index in [9.17, 15) is 9.50 Å². The summed E-state index contributed by atoms with van der Waals surface area (Å²) in [6, 6.07) is 5.11. The van der Waals surface area contributed by atoms with Crippen LogP contribution in [0.5, 0.6) is 5.75 Å². The number of ether oxygens (including phenoxy) is 1. The number of aliphatic hydroxyl groups is 1. The van der Waals surface area contributed by atoms with E-state index >= 15 is 0 Å². The molecule has 1 aliphatic rings. The molecular weight excluding hydrogens is 255 g/mol. The molecule has 0 aromatic heterocycles. The van der Waals surface area contributed by atoms with Gasteiger partial charge in [0.05, 0.1) is 13.2 Å². The molecule has 0 amide bonds. The third-order valence-corrected chi connectivity index (χ3v) is 4.75. The highest BCUT2D eigenvalue weighted by atomic mass is 19.1. The molecule has 1 N–H and O–H groups in total. The Bertz CT molecular complexity index is 456. The zero-order valence-corrected chi connectivity index (χ0v) is 12.7. The van der Waals surface area contributed by atoms with Gasteiger partial charge in [-0.2, -0.15) is 0 Å². The number of aliphatic hydroxyl groups excluding tert-OH is 1. The molecule has 0 radical (unpaired) electrons. The molecule has 1 aliphatic carbocycles. The lowest BCUT2D eigenvalue weighted by Gasteiger charge is -2.41. The summed E-state index contributed by atoms with van der Waals surface area (Å²) in [6.45, 7) is 4.42. The first-order valence-corrected chi connectivity index (χ1v) is 7.45. The van der Waals surface area contributed by atoms with E-state index in [1.54, 1.807) is 18.2 Å². The minimum absolute atomic E-state index is 0.132. The van der Waals surface area contributed by atoms with Crippen LogP contribution in [0.3, 0.4) is 0 Å². The SMILES string of the molecule is COc1cccc(CC(O)C2CCCCC2(C)C)c1F. The van der Waals surface area contributed by atoms with Crippen LogP contribution in [0.1, 0.15) is 45.1 Å². The molecule has 1 aromatic carbocycles. The number of hydrogen-bond donors (Lipinski definition) is 1. The Morgan fingerprint density at radius 3 is 2.80 bits per heavy atom. The molecular formula is C17H25FO2. The molecule has 2 rings (SSSR count). The zero-order chi connectivity index (χ0) is 14.8. The summed E-state index contributed by atoms with van der Waals surface area (Å²) in [5.74, 6) is 0.141. The molecule has 2 nitrogen and oxygen atoms in total. The number of halogens is 1. The third kappa shape index (κ3) is 3.14. The van der Waals surface area contributed by atoms with E-state index in [1.165, 1.54) is 13.5 Å². The minimum atomic E-state index is -0.494. The highest BCUT2D eigenvalue weighted by Gasteiger charge is 2.37.